The lowest BCUT2D eigenvalue weighted by molar-refractivity contribution is 0.392. The number of aromatic nitrogens is 4. The highest BCUT2D eigenvalue weighted by atomic mass is 79.9. The molecule has 2 heterocycles. The molecule has 5 nitrogen and oxygen atoms in total. The summed E-state index contributed by atoms with van der Waals surface area (Å²) in [5.74, 6) is 0.973. The van der Waals surface area contributed by atoms with Gasteiger partial charge in [0.25, 0.3) is 5.95 Å². The Kier molecular flexibility index (Phi) is 2.45. The van der Waals surface area contributed by atoms with E-state index in [1.165, 1.54) is 0 Å². The lowest BCUT2D eigenvalue weighted by atomic mass is 10.6. The van der Waals surface area contributed by atoms with E-state index in [1.54, 1.807) is 36.4 Å². The Bertz CT molecular complexity index is 429. The van der Waals surface area contributed by atoms with E-state index in [-0.39, 0.29) is 0 Å². The van der Waals surface area contributed by atoms with E-state index in [0.717, 1.165) is 4.47 Å². The molecule has 0 aliphatic heterocycles. The van der Waals surface area contributed by atoms with Crippen LogP contribution in [0.4, 0.5) is 0 Å². The van der Waals surface area contributed by atoms with Gasteiger partial charge in [0.2, 0.25) is 5.88 Å². The highest BCUT2D eigenvalue weighted by molar-refractivity contribution is 9.10. The Morgan fingerprint density at radius 1 is 1.50 bits per heavy atom. The fourth-order valence-electron chi connectivity index (χ4n) is 0.983. The molecule has 0 radical (unpaired) electrons. The van der Waals surface area contributed by atoms with E-state index in [1.807, 2.05) is 0 Å². The molecule has 14 heavy (non-hydrogen) atoms. The second kappa shape index (κ2) is 3.75. The smallest absolute Gasteiger partial charge is 0.253 e. The van der Waals surface area contributed by atoms with Crippen molar-refractivity contribution in [3.8, 4) is 11.8 Å². The van der Waals surface area contributed by atoms with Gasteiger partial charge in [-0.15, -0.1) is 0 Å². The molecule has 0 aliphatic rings. The molecule has 0 aliphatic carbocycles. The first-order chi connectivity index (χ1) is 6.81. The van der Waals surface area contributed by atoms with Gasteiger partial charge in [-0.1, -0.05) is 0 Å². The predicted octanol–water partition coefficient (Wildman–Crippen LogP) is 1.43. The number of ether oxygens (including phenoxy) is 1. The van der Waals surface area contributed by atoms with E-state index in [4.69, 9.17) is 4.74 Å². The molecule has 2 aromatic rings. The fourth-order valence-corrected chi connectivity index (χ4v) is 1.34. The maximum Gasteiger partial charge on any atom is 0.253 e. The molecule has 2 rings (SSSR count). The summed E-state index contributed by atoms with van der Waals surface area (Å²) < 4.78 is 7.33. The van der Waals surface area contributed by atoms with Crippen LogP contribution in [0.5, 0.6) is 5.88 Å². The SMILES string of the molecule is COc1nc(-n2cccn2)ncc1Br. The third kappa shape index (κ3) is 1.60. The van der Waals surface area contributed by atoms with Crippen LogP contribution >= 0.6 is 15.9 Å². The van der Waals surface area contributed by atoms with Gasteiger partial charge in [-0.3, -0.25) is 0 Å². The van der Waals surface area contributed by atoms with Crippen molar-refractivity contribution in [1.29, 1.82) is 0 Å². The van der Waals surface area contributed by atoms with Crippen LogP contribution in [0.25, 0.3) is 5.95 Å². The van der Waals surface area contributed by atoms with Gasteiger partial charge in [-0.05, 0) is 22.0 Å². The maximum atomic E-state index is 5.04. The predicted molar refractivity (Wildman–Crippen MR) is 53.4 cm³/mol. The number of halogens is 1. The fraction of sp³-hybridized carbons (Fsp3) is 0.125. The highest BCUT2D eigenvalue weighted by Gasteiger charge is 2.05. The van der Waals surface area contributed by atoms with Crippen molar-refractivity contribution in [3.05, 3.63) is 29.1 Å². The van der Waals surface area contributed by atoms with Crippen molar-refractivity contribution in [1.82, 2.24) is 19.7 Å². The monoisotopic (exact) mass is 254 g/mol. The van der Waals surface area contributed by atoms with Gasteiger partial charge in [0.05, 0.1) is 17.8 Å². The highest BCUT2D eigenvalue weighted by Crippen LogP contribution is 2.20. The van der Waals surface area contributed by atoms with Crippen LogP contribution in [-0.4, -0.2) is 26.9 Å². The number of methoxy groups -OCH3 is 1. The molecule has 0 saturated heterocycles. The molecule has 0 atom stereocenters. The van der Waals surface area contributed by atoms with Gasteiger partial charge >= 0.3 is 0 Å². The number of rotatable bonds is 2. The van der Waals surface area contributed by atoms with Crippen LogP contribution in [0.2, 0.25) is 0 Å². The number of hydrogen-bond donors (Lipinski definition) is 0. The van der Waals surface area contributed by atoms with E-state index in [0.29, 0.717) is 11.8 Å². The van der Waals surface area contributed by atoms with Gasteiger partial charge in [0.15, 0.2) is 0 Å². The van der Waals surface area contributed by atoms with Crippen molar-refractivity contribution in [2.75, 3.05) is 7.11 Å². The summed E-state index contributed by atoms with van der Waals surface area (Å²) in [7, 11) is 1.56. The van der Waals surface area contributed by atoms with Crippen molar-refractivity contribution in [2.45, 2.75) is 0 Å². The summed E-state index contributed by atoms with van der Waals surface area (Å²) in [6, 6.07) is 1.80. The minimum Gasteiger partial charge on any atom is -0.480 e. The first-order valence-corrected chi connectivity index (χ1v) is 4.67. The Morgan fingerprint density at radius 2 is 2.36 bits per heavy atom. The summed E-state index contributed by atoms with van der Waals surface area (Å²) in [4.78, 5) is 8.25. The molecule has 0 amide bonds. The quantitative estimate of drug-likeness (QED) is 0.814. The Hall–Kier alpha value is -1.43. The van der Waals surface area contributed by atoms with Crippen LogP contribution in [0.1, 0.15) is 0 Å². The standard InChI is InChI=1S/C8H7BrN4O/c1-14-7-6(9)5-10-8(12-7)13-4-2-3-11-13/h2-5H,1H3. The summed E-state index contributed by atoms with van der Waals surface area (Å²) in [5.41, 5.74) is 0. The zero-order valence-corrected chi connectivity index (χ0v) is 8.97. The molecule has 0 saturated carbocycles. The Balaban J connectivity index is 2.46. The van der Waals surface area contributed by atoms with Gasteiger partial charge in [0.1, 0.15) is 0 Å². The van der Waals surface area contributed by atoms with Crippen molar-refractivity contribution < 1.29 is 4.74 Å². The van der Waals surface area contributed by atoms with Crippen molar-refractivity contribution >= 4 is 15.9 Å². The van der Waals surface area contributed by atoms with Crippen LogP contribution in [0.3, 0.4) is 0 Å². The molecular weight excluding hydrogens is 248 g/mol. The molecule has 6 heteroatoms. The third-order valence-corrected chi connectivity index (χ3v) is 2.15. The van der Waals surface area contributed by atoms with Gasteiger partial charge in [0, 0.05) is 12.4 Å². The van der Waals surface area contributed by atoms with Crippen molar-refractivity contribution in [2.24, 2.45) is 0 Å². The summed E-state index contributed by atoms with van der Waals surface area (Å²) in [5, 5.41) is 4.01. The number of nitrogens with zero attached hydrogens (tertiary/aromatic N) is 4. The molecule has 0 N–H and O–H groups in total. The molecule has 0 bridgehead atoms. The van der Waals surface area contributed by atoms with Crippen molar-refractivity contribution in [3.63, 3.8) is 0 Å². The topological polar surface area (TPSA) is 52.8 Å². The average molecular weight is 255 g/mol. The molecule has 72 valence electrons. The molecule has 0 spiro atoms. The first-order valence-electron chi connectivity index (χ1n) is 3.88. The zero-order chi connectivity index (χ0) is 9.97. The molecule has 0 fully saturated rings. The van der Waals surface area contributed by atoms with E-state index in [9.17, 15) is 0 Å². The second-order valence-electron chi connectivity index (χ2n) is 2.48. The summed E-state index contributed by atoms with van der Waals surface area (Å²) >= 11 is 3.27. The molecule has 0 unspecified atom stereocenters. The second-order valence-corrected chi connectivity index (χ2v) is 3.33. The van der Waals surface area contributed by atoms with E-state index in [2.05, 4.69) is 31.0 Å². The summed E-state index contributed by atoms with van der Waals surface area (Å²) in [6.07, 6.45) is 5.06. The lowest BCUT2D eigenvalue weighted by Crippen LogP contribution is -2.02. The largest absolute Gasteiger partial charge is 0.480 e. The Labute approximate surface area is 88.9 Å². The molecular formula is C8H7BrN4O. The van der Waals surface area contributed by atoms with E-state index < -0.39 is 0 Å². The van der Waals surface area contributed by atoms with Gasteiger partial charge < -0.3 is 4.74 Å². The van der Waals surface area contributed by atoms with E-state index >= 15 is 0 Å². The maximum absolute atomic E-state index is 5.04. The van der Waals surface area contributed by atoms with Crippen LogP contribution in [0, 0.1) is 0 Å². The van der Waals surface area contributed by atoms with Crippen LogP contribution < -0.4 is 4.74 Å². The minimum atomic E-state index is 0.482. The normalized spacial score (nSPS) is 10.1. The zero-order valence-electron chi connectivity index (χ0n) is 7.38. The van der Waals surface area contributed by atoms with Crippen LogP contribution in [-0.2, 0) is 0 Å². The molecule has 2 aromatic heterocycles. The lowest BCUT2D eigenvalue weighted by Gasteiger charge is -2.03. The first kappa shape index (κ1) is 9.14. The third-order valence-electron chi connectivity index (χ3n) is 1.60. The molecule has 0 aromatic carbocycles. The average Bonchev–Trinajstić information content (AvgIpc) is 2.71. The van der Waals surface area contributed by atoms with Gasteiger partial charge in [-0.2, -0.15) is 10.1 Å². The summed E-state index contributed by atoms with van der Waals surface area (Å²) in [6.45, 7) is 0. The van der Waals surface area contributed by atoms with Gasteiger partial charge in [-0.25, -0.2) is 9.67 Å². The minimum absolute atomic E-state index is 0.482. The van der Waals surface area contributed by atoms with Crippen LogP contribution in [0.15, 0.2) is 29.1 Å². The number of hydrogen-bond acceptors (Lipinski definition) is 4. The Morgan fingerprint density at radius 3 is 3.00 bits per heavy atom.